The molecule has 2 aromatic heterocycles. The minimum absolute atomic E-state index is 0.125. The number of alkyl halides is 3. The van der Waals surface area contributed by atoms with Crippen LogP contribution in [0.3, 0.4) is 0 Å². The summed E-state index contributed by atoms with van der Waals surface area (Å²) in [7, 11) is 0. The molecular formula is C25H26F3N5O3. The van der Waals surface area contributed by atoms with Crippen LogP contribution in [0.25, 0.3) is 11.5 Å². The molecule has 2 unspecified atom stereocenters. The van der Waals surface area contributed by atoms with Crippen LogP contribution in [0, 0.1) is 6.92 Å². The van der Waals surface area contributed by atoms with Crippen LogP contribution < -0.4 is 0 Å². The Morgan fingerprint density at radius 1 is 1.00 bits per heavy atom. The van der Waals surface area contributed by atoms with Gasteiger partial charge in [-0.15, -0.1) is 0 Å². The van der Waals surface area contributed by atoms with Gasteiger partial charge in [0.05, 0.1) is 24.7 Å². The number of piperidine rings is 1. The summed E-state index contributed by atoms with van der Waals surface area (Å²) in [6, 6.07) is 8.74. The maximum absolute atomic E-state index is 13.3. The third-order valence-electron chi connectivity index (χ3n) is 6.64. The minimum Gasteiger partial charge on any atom is -0.378 e. The topological polar surface area (TPSA) is 84.6 Å². The second-order valence-corrected chi connectivity index (χ2v) is 9.21. The van der Waals surface area contributed by atoms with Gasteiger partial charge in [0.2, 0.25) is 11.7 Å². The van der Waals surface area contributed by atoms with E-state index in [9.17, 15) is 18.0 Å². The van der Waals surface area contributed by atoms with Gasteiger partial charge in [-0.05, 0) is 42.7 Å². The maximum Gasteiger partial charge on any atom is 0.416 e. The second kappa shape index (κ2) is 9.88. The number of likely N-dealkylation sites (tertiary alicyclic amines) is 1. The largest absolute Gasteiger partial charge is 0.416 e. The number of ether oxygens (including phenoxy) is 1. The van der Waals surface area contributed by atoms with Crippen LogP contribution in [0.5, 0.6) is 0 Å². The fraction of sp³-hybridized carbons (Fsp3) is 0.440. The van der Waals surface area contributed by atoms with E-state index in [0.29, 0.717) is 63.2 Å². The summed E-state index contributed by atoms with van der Waals surface area (Å²) in [6.07, 6.45) is -2.13. The van der Waals surface area contributed by atoms with Gasteiger partial charge in [0, 0.05) is 38.3 Å². The zero-order valence-electron chi connectivity index (χ0n) is 19.7. The molecule has 3 aromatic rings. The fourth-order valence-corrected chi connectivity index (χ4v) is 4.68. The van der Waals surface area contributed by atoms with Crippen molar-refractivity contribution in [3.05, 3.63) is 65.2 Å². The molecule has 190 valence electrons. The number of hydrogen-bond acceptors (Lipinski definition) is 6. The van der Waals surface area contributed by atoms with Crippen molar-refractivity contribution in [2.45, 2.75) is 31.4 Å². The third kappa shape index (κ3) is 5.20. The van der Waals surface area contributed by atoms with E-state index in [1.165, 1.54) is 12.1 Å². The molecule has 0 bridgehead atoms. The lowest BCUT2D eigenvalue weighted by Gasteiger charge is -2.40. The van der Waals surface area contributed by atoms with Gasteiger partial charge in [-0.2, -0.15) is 18.2 Å². The number of urea groups is 1. The predicted octanol–water partition coefficient (Wildman–Crippen LogP) is 4.48. The Morgan fingerprint density at radius 3 is 2.39 bits per heavy atom. The smallest absolute Gasteiger partial charge is 0.378 e. The summed E-state index contributed by atoms with van der Waals surface area (Å²) >= 11 is 0. The van der Waals surface area contributed by atoms with Crippen molar-refractivity contribution in [3.63, 3.8) is 0 Å². The number of rotatable bonds is 3. The monoisotopic (exact) mass is 501 g/mol. The van der Waals surface area contributed by atoms with Crippen LogP contribution in [0.4, 0.5) is 18.0 Å². The van der Waals surface area contributed by atoms with E-state index >= 15 is 0 Å². The van der Waals surface area contributed by atoms with Crippen LogP contribution in [-0.2, 0) is 10.9 Å². The molecule has 0 aliphatic carbocycles. The molecule has 2 amide bonds. The fourth-order valence-electron chi connectivity index (χ4n) is 4.68. The van der Waals surface area contributed by atoms with Gasteiger partial charge in [-0.1, -0.05) is 23.4 Å². The Hall–Kier alpha value is -3.47. The highest BCUT2D eigenvalue weighted by Crippen LogP contribution is 2.37. The van der Waals surface area contributed by atoms with Gasteiger partial charge in [0.25, 0.3) is 0 Å². The summed E-state index contributed by atoms with van der Waals surface area (Å²) in [5, 5.41) is 4.08. The zero-order chi connectivity index (χ0) is 25.3. The molecule has 4 heterocycles. The average Bonchev–Trinajstić information content (AvgIpc) is 3.39. The summed E-state index contributed by atoms with van der Waals surface area (Å²) in [5.74, 6) is 0.267. The van der Waals surface area contributed by atoms with E-state index in [-0.39, 0.29) is 17.9 Å². The van der Waals surface area contributed by atoms with Crippen LogP contribution in [-0.4, -0.2) is 70.3 Å². The summed E-state index contributed by atoms with van der Waals surface area (Å²) < 4.78 is 50.2. The Kier molecular flexibility index (Phi) is 6.65. The predicted molar refractivity (Wildman–Crippen MR) is 123 cm³/mol. The summed E-state index contributed by atoms with van der Waals surface area (Å²) in [6.45, 7) is 4.63. The van der Waals surface area contributed by atoms with Crippen molar-refractivity contribution in [2.75, 3.05) is 39.4 Å². The Balaban J connectivity index is 1.41. The summed E-state index contributed by atoms with van der Waals surface area (Å²) in [5.41, 5.74) is 1.61. The molecule has 36 heavy (non-hydrogen) atoms. The second-order valence-electron chi connectivity index (χ2n) is 9.21. The molecule has 0 saturated carbocycles. The van der Waals surface area contributed by atoms with Gasteiger partial charge in [-0.25, -0.2) is 4.79 Å². The van der Waals surface area contributed by atoms with Crippen molar-refractivity contribution in [1.29, 1.82) is 0 Å². The van der Waals surface area contributed by atoms with Gasteiger partial charge in [0.1, 0.15) is 5.69 Å². The first-order chi connectivity index (χ1) is 17.3. The molecule has 2 saturated heterocycles. The highest BCUT2D eigenvalue weighted by Gasteiger charge is 2.37. The number of nitrogens with zero attached hydrogens (tertiary/aromatic N) is 5. The Morgan fingerprint density at radius 2 is 1.72 bits per heavy atom. The number of morpholine rings is 1. The molecule has 2 atom stereocenters. The first kappa shape index (κ1) is 24.2. The number of carbonyl (C=O) groups excluding carboxylic acids is 1. The molecule has 11 heteroatoms. The van der Waals surface area contributed by atoms with E-state index in [4.69, 9.17) is 9.26 Å². The molecule has 2 fully saturated rings. The van der Waals surface area contributed by atoms with Gasteiger partial charge < -0.3 is 19.1 Å². The Labute approximate surface area is 206 Å². The van der Waals surface area contributed by atoms with Crippen molar-refractivity contribution < 1.29 is 27.2 Å². The molecule has 0 radical (unpaired) electrons. The Bertz CT molecular complexity index is 1190. The van der Waals surface area contributed by atoms with Gasteiger partial charge in [0.15, 0.2) is 0 Å². The van der Waals surface area contributed by atoms with E-state index in [2.05, 4.69) is 15.1 Å². The van der Waals surface area contributed by atoms with Crippen LogP contribution in [0.15, 0.2) is 47.1 Å². The maximum atomic E-state index is 13.3. The molecule has 1 aromatic carbocycles. The highest BCUT2D eigenvalue weighted by atomic mass is 19.4. The molecule has 2 aliphatic heterocycles. The van der Waals surface area contributed by atoms with E-state index in [1.54, 1.807) is 16.0 Å². The third-order valence-corrected chi connectivity index (χ3v) is 6.64. The van der Waals surface area contributed by atoms with E-state index in [0.717, 1.165) is 23.3 Å². The van der Waals surface area contributed by atoms with Gasteiger partial charge in [-0.3, -0.25) is 4.98 Å². The van der Waals surface area contributed by atoms with Crippen molar-refractivity contribution in [2.24, 2.45) is 0 Å². The number of aromatic nitrogens is 3. The highest BCUT2D eigenvalue weighted by molar-refractivity contribution is 5.75. The van der Waals surface area contributed by atoms with Crippen molar-refractivity contribution >= 4 is 6.03 Å². The number of hydrogen-bond donors (Lipinski definition) is 0. The first-order valence-electron chi connectivity index (χ1n) is 11.8. The molecule has 2 aliphatic rings. The average molecular weight is 502 g/mol. The molecule has 8 nitrogen and oxygen atoms in total. The minimum atomic E-state index is -4.41. The standard InChI is InChI=1S/C25H26F3N5O3/c1-16-2-7-21(29-13-16)22-30-23(36-31-22)19-12-18(17-3-5-20(6-4-17)25(26,27)28)14-33(15-19)24(34)32-8-10-35-11-9-32/h2-7,13,18-19H,8-12,14-15H2,1H3. The number of pyridine rings is 1. The quantitative estimate of drug-likeness (QED) is 0.526. The van der Waals surface area contributed by atoms with Gasteiger partial charge >= 0.3 is 12.2 Å². The van der Waals surface area contributed by atoms with Crippen LogP contribution in [0.2, 0.25) is 0 Å². The summed E-state index contributed by atoms with van der Waals surface area (Å²) in [4.78, 5) is 25.7. The number of aryl methyl sites for hydroxylation is 1. The van der Waals surface area contributed by atoms with Crippen molar-refractivity contribution in [3.8, 4) is 11.5 Å². The van der Waals surface area contributed by atoms with Crippen LogP contribution in [0.1, 0.15) is 40.8 Å². The SMILES string of the molecule is Cc1ccc(-c2noc(C3CC(c4ccc(C(F)(F)F)cc4)CN(C(=O)N4CCOCC4)C3)n2)nc1. The molecule has 5 rings (SSSR count). The lowest BCUT2D eigenvalue weighted by Crippen LogP contribution is -2.52. The number of benzene rings is 1. The number of amides is 2. The number of halogens is 3. The molecule has 0 spiro atoms. The first-order valence-corrected chi connectivity index (χ1v) is 11.8. The van der Waals surface area contributed by atoms with Crippen molar-refractivity contribution in [1.82, 2.24) is 24.9 Å². The lowest BCUT2D eigenvalue weighted by atomic mass is 9.84. The molecular weight excluding hydrogens is 475 g/mol. The molecule has 0 N–H and O–H groups in total. The zero-order valence-corrected chi connectivity index (χ0v) is 19.7. The lowest BCUT2D eigenvalue weighted by molar-refractivity contribution is -0.137. The number of carbonyl (C=O) groups is 1. The normalized spacial score (nSPS) is 21.0. The van der Waals surface area contributed by atoms with Crippen LogP contribution >= 0.6 is 0 Å². The van der Waals surface area contributed by atoms with E-state index < -0.39 is 11.7 Å². The van der Waals surface area contributed by atoms with E-state index in [1.807, 2.05) is 19.1 Å².